The molecular weight excluding hydrogens is 496 g/mol. The number of hydrogen-bond donors (Lipinski definition) is 1. The van der Waals surface area contributed by atoms with E-state index in [1.807, 2.05) is 56.7 Å². The molecule has 2 fully saturated rings. The van der Waals surface area contributed by atoms with Crippen LogP contribution in [0.1, 0.15) is 70.1 Å². The van der Waals surface area contributed by atoms with Gasteiger partial charge in [0, 0.05) is 19.2 Å². The van der Waals surface area contributed by atoms with Gasteiger partial charge in [0.1, 0.15) is 18.4 Å². The molecule has 1 aromatic carbocycles. The molecule has 4 rings (SSSR count). The highest BCUT2D eigenvalue weighted by molar-refractivity contribution is 5.76. The summed E-state index contributed by atoms with van der Waals surface area (Å²) >= 11 is 0. The molecule has 1 aliphatic heterocycles. The summed E-state index contributed by atoms with van der Waals surface area (Å²) < 4.78 is 18.7. The highest BCUT2D eigenvalue weighted by atomic mass is 16.6. The van der Waals surface area contributed by atoms with E-state index in [0.29, 0.717) is 26.0 Å². The van der Waals surface area contributed by atoms with Crippen molar-refractivity contribution < 1.29 is 23.8 Å². The zero-order chi connectivity index (χ0) is 27.7. The van der Waals surface area contributed by atoms with Crippen molar-refractivity contribution in [1.29, 1.82) is 0 Å². The topological polar surface area (TPSA) is 94.9 Å². The van der Waals surface area contributed by atoms with E-state index in [1.54, 1.807) is 4.90 Å². The number of nitrogens with zero attached hydrogens (tertiary/aromatic N) is 3. The number of methoxy groups -OCH3 is 1. The molecule has 1 saturated heterocycles. The third kappa shape index (κ3) is 8.29. The molecule has 2 aliphatic rings. The number of amides is 1. The van der Waals surface area contributed by atoms with Gasteiger partial charge in [-0.1, -0.05) is 62.4 Å². The molecule has 9 nitrogen and oxygen atoms in total. The second-order valence-corrected chi connectivity index (χ2v) is 11.2. The van der Waals surface area contributed by atoms with Crippen LogP contribution in [0.15, 0.2) is 42.9 Å². The molecule has 0 spiro atoms. The molecule has 2 aromatic rings. The van der Waals surface area contributed by atoms with E-state index in [1.165, 1.54) is 45.6 Å². The maximum absolute atomic E-state index is 13.0. The molecule has 0 radical (unpaired) electrons. The van der Waals surface area contributed by atoms with E-state index in [4.69, 9.17) is 14.2 Å². The van der Waals surface area contributed by atoms with Crippen LogP contribution in [0.2, 0.25) is 0 Å². The molecule has 2 heterocycles. The molecule has 214 valence electrons. The summed E-state index contributed by atoms with van der Waals surface area (Å²) in [5.41, 5.74) is 1.02. The minimum Gasteiger partial charge on any atom is -0.468 e. The highest BCUT2D eigenvalue weighted by Crippen LogP contribution is 2.30. The zero-order valence-corrected chi connectivity index (χ0v) is 23.6. The van der Waals surface area contributed by atoms with Crippen molar-refractivity contribution in [1.82, 2.24) is 19.8 Å². The number of benzene rings is 1. The normalized spacial score (nSPS) is 20.1. The van der Waals surface area contributed by atoms with Crippen LogP contribution in [0.3, 0.4) is 0 Å². The van der Waals surface area contributed by atoms with Gasteiger partial charge in [-0.15, -0.1) is 0 Å². The van der Waals surface area contributed by atoms with E-state index in [9.17, 15) is 9.59 Å². The van der Waals surface area contributed by atoms with E-state index >= 15 is 0 Å². The lowest BCUT2D eigenvalue weighted by Gasteiger charge is -2.33. The number of carbonyl (C=O) groups excluding carboxylic acids is 2. The number of aromatic nitrogens is 2. The number of imidazole rings is 1. The van der Waals surface area contributed by atoms with Crippen LogP contribution in [0.5, 0.6) is 0 Å². The fourth-order valence-corrected chi connectivity index (χ4v) is 5.71. The van der Waals surface area contributed by atoms with Crippen molar-refractivity contribution in [2.24, 2.45) is 5.92 Å². The van der Waals surface area contributed by atoms with Crippen LogP contribution in [0.25, 0.3) is 0 Å². The Bertz CT molecular complexity index is 1050. The second kappa shape index (κ2) is 13.9. The van der Waals surface area contributed by atoms with Gasteiger partial charge in [0.25, 0.3) is 0 Å². The third-order valence-electron chi connectivity index (χ3n) is 7.95. The number of ether oxygens (including phenoxy) is 3. The van der Waals surface area contributed by atoms with Gasteiger partial charge in [-0.3, -0.25) is 9.69 Å². The average molecular weight is 541 g/mol. The first-order valence-electron chi connectivity index (χ1n) is 14.3. The van der Waals surface area contributed by atoms with Crippen molar-refractivity contribution in [3.05, 3.63) is 54.1 Å². The Hall–Kier alpha value is -2.91. The van der Waals surface area contributed by atoms with Gasteiger partial charge in [-0.25, -0.2) is 9.78 Å². The standard InChI is InChI=1S/C30H44N4O5/c1-30(2)34(29(36)38-20-24-12-8-5-9-13-24)26(21-39-30)14-16-31-27(28(35)37-3)18-25-19-33(22-32-25)17-15-23-10-6-4-7-11-23/h5,8-9,12-13,19,22-23,26-27,31H,4,6-7,10-11,14-18,20-21H2,1-3H3/t26-,27-/m0/s1. The molecule has 9 heteroatoms. The summed E-state index contributed by atoms with van der Waals surface area (Å²) in [6.07, 6.45) is 12.5. The number of esters is 1. The van der Waals surface area contributed by atoms with Crippen molar-refractivity contribution in [2.45, 2.75) is 96.2 Å². The van der Waals surface area contributed by atoms with Gasteiger partial charge < -0.3 is 24.1 Å². The molecule has 1 amide bonds. The summed E-state index contributed by atoms with van der Waals surface area (Å²) in [5.74, 6) is 0.489. The van der Waals surface area contributed by atoms with Gasteiger partial charge >= 0.3 is 12.1 Å². The zero-order valence-electron chi connectivity index (χ0n) is 23.6. The number of nitrogens with one attached hydrogen (secondary N) is 1. The van der Waals surface area contributed by atoms with Gasteiger partial charge in [0.05, 0.1) is 31.8 Å². The van der Waals surface area contributed by atoms with Gasteiger partial charge in [0.2, 0.25) is 0 Å². The van der Waals surface area contributed by atoms with E-state index in [2.05, 4.69) is 14.9 Å². The lowest BCUT2D eigenvalue weighted by Crippen LogP contribution is -2.49. The lowest BCUT2D eigenvalue weighted by atomic mass is 9.87. The average Bonchev–Trinajstić information content (AvgIpc) is 3.53. The number of hydrogen-bond acceptors (Lipinski definition) is 7. The van der Waals surface area contributed by atoms with Crippen LogP contribution in [-0.2, 0) is 38.6 Å². The number of rotatable bonds is 12. The Morgan fingerprint density at radius 1 is 1.15 bits per heavy atom. The summed E-state index contributed by atoms with van der Waals surface area (Å²) in [4.78, 5) is 31.8. The molecule has 0 unspecified atom stereocenters. The molecule has 1 aromatic heterocycles. The fraction of sp³-hybridized carbons (Fsp3) is 0.633. The van der Waals surface area contributed by atoms with Gasteiger partial charge in [0.15, 0.2) is 0 Å². The van der Waals surface area contributed by atoms with Gasteiger partial charge in [-0.2, -0.15) is 0 Å². The van der Waals surface area contributed by atoms with E-state index in [-0.39, 0.29) is 18.6 Å². The first kappa shape index (κ1) is 29.1. The second-order valence-electron chi connectivity index (χ2n) is 11.2. The summed E-state index contributed by atoms with van der Waals surface area (Å²) in [6, 6.07) is 8.91. The maximum atomic E-state index is 13.0. The van der Waals surface area contributed by atoms with Crippen LogP contribution >= 0.6 is 0 Å². The monoisotopic (exact) mass is 540 g/mol. The molecule has 1 aliphatic carbocycles. The Labute approximate surface area is 232 Å². The van der Waals surface area contributed by atoms with Crippen LogP contribution in [0.4, 0.5) is 4.79 Å². The number of aryl methyl sites for hydroxylation is 1. The smallest absolute Gasteiger partial charge is 0.412 e. The first-order chi connectivity index (χ1) is 18.9. The number of carbonyl (C=O) groups is 2. The maximum Gasteiger partial charge on any atom is 0.412 e. The molecule has 1 saturated carbocycles. The quantitative estimate of drug-likeness (QED) is 0.390. The summed E-state index contributed by atoms with van der Waals surface area (Å²) in [7, 11) is 1.40. The lowest BCUT2D eigenvalue weighted by molar-refractivity contribution is -0.143. The summed E-state index contributed by atoms with van der Waals surface area (Å²) in [5, 5.41) is 3.33. The largest absolute Gasteiger partial charge is 0.468 e. The molecule has 1 N–H and O–H groups in total. The van der Waals surface area contributed by atoms with E-state index < -0.39 is 17.9 Å². The predicted molar refractivity (Wildman–Crippen MR) is 148 cm³/mol. The van der Waals surface area contributed by atoms with Crippen LogP contribution in [0, 0.1) is 5.92 Å². The minimum absolute atomic E-state index is 0.173. The Morgan fingerprint density at radius 2 is 1.92 bits per heavy atom. The van der Waals surface area contributed by atoms with Crippen LogP contribution < -0.4 is 5.32 Å². The van der Waals surface area contributed by atoms with Crippen molar-refractivity contribution in [3.63, 3.8) is 0 Å². The van der Waals surface area contributed by atoms with Crippen molar-refractivity contribution >= 4 is 12.1 Å². The third-order valence-corrected chi connectivity index (χ3v) is 7.95. The van der Waals surface area contributed by atoms with Crippen molar-refractivity contribution in [3.8, 4) is 0 Å². The highest BCUT2D eigenvalue weighted by Gasteiger charge is 2.44. The Balaban J connectivity index is 1.27. The molecule has 2 atom stereocenters. The van der Waals surface area contributed by atoms with E-state index in [0.717, 1.165) is 23.7 Å². The molecular formula is C30H44N4O5. The van der Waals surface area contributed by atoms with Crippen molar-refractivity contribution in [2.75, 3.05) is 20.3 Å². The Morgan fingerprint density at radius 3 is 2.67 bits per heavy atom. The molecule has 39 heavy (non-hydrogen) atoms. The molecule has 0 bridgehead atoms. The fourth-order valence-electron chi connectivity index (χ4n) is 5.71. The Kier molecular flexibility index (Phi) is 10.4. The van der Waals surface area contributed by atoms with Gasteiger partial charge in [-0.05, 0) is 44.7 Å². The minimum atomic E-state index is -0.773. The van der Waals surface area contributed by atoms with Crippen LogP contribution in [-0.4, -0.2) is 64.6 Å². The SMILES string of the molecule is COC(=O)[C@H](Cc1cn(CCC2CCCCC2)cn1)NCC[C@H]1COC(C)(C)N1C(=O)OCc1ccccc1. The first-order valence-corrected chi connectivity index (χ1v) is 14.3. The predicted octanol–water partition coefficient (Wildman–Crippen LogP) is 4.69. The summed E-state index contributed by atoms with van der Waals surface area (Å²) in [6.45, 7) is 5.81.